The molecule has 2 nitrogen and oxygen atoms in total. The Labute approximate surface area is 123 Å². The lowest BCUT2D eigenvalue weighted by Crippen LogP contribution is -2.47. The van der Waals surface area contributed by atoms with Gasteiger partial charge in [0.05, 0.1) is 12.2 Å². The van der Waals surface area contributed by atoms with Crippen LogP contribution in [0.4, 0.5) is 0 Å². The first-order chi connectivity index (χ1) is 9.57. The van der Waals surface area contributed by atoms with E-state index in [1.54, 1.807) is 0 Å². The normalized spacial score (nSPS) is 58.6. The summed E-state index contributed by atoms with van der Waals surface area (Å²) in [5, 5.41) is 20.1. The van der Waals surface area contributed by atoms with Crippen molar-refractivity contribution in [1.29, 1.82) is 0 Å². The van der Waals surface area contributed by atoms with Crippen LogP contribution in [-0.4, -0.2) is 22.4 Å². The van der Waals surface area contributed by atoms with E-state index in [4.69, 9.17) is 0 Å². The van der Waals surface area contributed by atoms with Gasteiger partial charge in [0, 0.05) is 0 Å². The average Bonchev–Trinajstić information content (AvgIpc) is 2.72. The highest BCUT2D eigenvalue weighted by molar-refractivity contribution is 5.05. The molecule has 4 aliphatic rings. The SMILES string of the molecule is C[C@]12CC[C@H]3[C@@H](CC[C@H]4C[C@@H](O)CC[C@@H]43)[C@H]1C[C@H](O)C2. The van der Waals surface area contributed by atoms with Crippen LogP contribution in [-0.2, 0) is 0 Å². The van der Waals surface area contributed by atoms with Crippen LogP contribution in [0.3, 0.4) is 0 Å². The lowest BCUT2D eigenvalue weighted by molar-refractivity contribution is -0.0676. The predicted octanol–water partition coefficient (Wildman–Crippen LogP) is 3.36. The van der Waals surface area contributed by atoms with Gasteiger partial charge in [-0.25, -0.2) is 0 Å². The van der Waals surface area contributed by atoms with Gasteiger partial charge in [-0.3, -0.25) is 0 Å². The molecule has 0 radical (unpaired) electrons. The molecule has 2 heteroatoms. The van der Waals surface area contributed by atoms with Crippen molar-refractivity contribution >= 4 is 0 Å². The molecule has 0 aromatic carbocycles. The largest absolute Gasteiger partial charge is 0.393 e. The minimum atomic E-state index is -0.0327. The van der Waals surface area contributed by atoms with Crippen molar-refractivity contribution in [3.8, 4) is 0 Å². The van der Waals surface area contributed by atoms with Crippen LogP contribution in [0.2, 0.25) is 0 Å². The van der Waals surface area contributed by atoms with Crippen molar-refractivity contribution in [2.45, 2.75) is 76.9 Å². The van der Waals surface area contributed by atoms with Crippen molar-refractivity contribution in [3.63, 3.8) is 0 Å². The van der Waals surface area contributed by atoms with Gasteiger partial charge in [-0.15, -0.1) is 0 Å². The zero-order valence-electron chi connectivity index (χ0n) is 12.8. The Morgan fingerprint density at radius 2 is 1.60 bits per heavy atom. The summed E-state index contributed by atoms with van der Waals surface area (Å²) < 4.78 is 0. The molecule has 0 aromatic rings. The van der Waals surface area contributed by atoms with E-state index in [1.807, 2.05) is 0 Å². The van der Waals surface area contributed by atoms with Gasteiger partial charge in [0.25, 0.3) is 0 Å². The molecule has 4 fully saturated rings. The van der Waals surface area contributed by atoms with E-state index < -0.39 is 0 Å². The quantitative estimate of drug-likeness (QED) is 0.713. The summed E-state index contributed by atoms with van der Waals surface area (Å²) in [6, 6.07) is 0. The lowest BCUT2D eigenvalue weighted by atomic mass is 9.50. The second-order valence-corrected chi connectivity index (χ2v) is 8.69. The second-order valence-electron chi connectivity index (χ2n) is 8.69. The third-order valence-corrected chi connectivity index (χ3v) is 7.67. The molecule has 0 saturated heterocycles. The van der Waals surface area contributed by atoms with Crippen LogP contribution in [0.5, 0.6) is 0 Å². The fourth-order valence-electron chi connectivity index (χ4n) is 6.85. The Morgan fingerprint density at radius 1 is 0.800 bits per heavy atom. The molecule has 8 atom stereocenters. The van der Waals surface area contributed by atoms with Crippen LogP contribution in [0.15, 0.2) is 0 Å². The Hall–Kier alpha value is -0.0800. The first-order valence-electron chi connectivity index (χ1n) is 8.93. The predicted molar refractivity (Wildman–Crippen MR) is 79.1 cm³/mol. The molecule has 0 aliphatic heterocycles. The van der Waals surface area contributed by atoms with Crippen LogP contribution >= 0.6 is 0 Å². The van der Waals surface area contributed by atoms with E-state index in [0.717, 1.165) is 55.3 Å². The summed E-state index contributed by atoms with van der Waals surface area (Å²) in [7, 11) is 0. The van der Waals surface area contributed by atoms with Crippen LogP contribution in [0, 0.1) is 35.0 Å². The number of aliphatic hydroxyl groups is 2. The van der Waals surface area contributed by atoms with E-state index in [0.29, 0.717) is 5.41 Å². The number of fused-ring (bicyclic) bond motifs is 5. The van der Waals surface area contributed by atoms with Gasteiger partial charge < -0.3 is 10.2 Å². The Kier molecular flexibility index (Phi) is 3.20. The lowest BCUT2D eigenvalue weighted by Gasteiger charge is -2.55. The highest BCUT2D eigenvalue weighted by Gasteiger charge is 2.55. The maximum absolute atomic E-state index is 10.1. The number of hydrogen-bond donors (Lipinski definition) is 2. The fourth-order valence-corrected chi connectivity index (χ4v) is 6.85. The molecular weight excluding hydrogens is 248 g/mol. The Balaban J connectivity index is 1.56. The van der Waals surface area contributed by atoms with Gasteiger partial charge in [0.15, 0.2) is 0 Å². The van der Waals surface area contributed by atoms with Crippen LogP contribution in [0.1, 0.15) is 64.7 Å². The molecule has 0 amide bonds. The molecule has 0 spiro atoms. The number of rotatable bonds is 0. The van der Waals surface area contributed by atoms with Crippen molar-refractivity contribution in [3.05, 3.63) is 0 Å². The smallest absolute Gasteiger partial charge is 0.0548 e. The molecule has 2 N–H and O–H groups in total. The van der Waals surface area contributed by atoms with Gasteiger partial charge in [-0.2, -0.15) is 0 Å². The van der Waals surface area contributed by atoms with E-state index in [9.17, 15) is 10.2 Å². The number of hydrogen-bond acceptors (Lipinski definition) is 2. The minimum Gasteiger partial charge on any atom is -0.393 e. The van der Waals surface area contributed by atoms with Crippen LogP contribution < -0.4 is 0 Å². The summed E-state index contributed by atoms with van der Waals surface area (Å²) >= 11 is 0. The molecule has 4 saturated carbocycles. The van der Waals surface area contributed by atoms with Crippen molar-refractivity contribution in [2.75, 3.05) is 0 Å². The topological polar surface area (TPSA) is 40.5 Å². The summed E-state index contributed by atoms with van der Waals surface area (Å²) in [6.07, 6.45) is 10.9. The molecule has 20 heavy (non-hydrogen) atoms. The van der Waals surface area contributed by atoms with E-state index in [1.165, 1.54) is 32.1 Å². The molecule has 4 aliphatic carbocycles. The van der Waals surface area contributed by atoms with E-state index >= 15 is 0 Å². The van der Waals surface area contributed by atoms with Gasteiger partial charge in [-0.05, 0) is 92.8 Å². The molecular formula is C18H30O2. The summed E-state index contributed by atoms with van der Waals surface area (Å²) in [5.41, 5.74) is 0.432. The molecule has 114 valence electrons. The maximum atomic E-state index is 10.1. The van der Waals surface area contributed by atoms with E-state index in [2.05, 4.69) is 6.92 Å². The number of aliphatic hydroxyl groups excluding tert-OH is 2. The minimum absolute atomic E-state index is 0.0186. The first kappa shape index (κ1) is 13.6. The Morgan fingerprint density at radius 3 is 2.45 bits per heavy atom. The van der Waals surface area contributed by atoms with Crippen molar-refractivity contribution in [2.24, 2.45) is 35.0 Å². The molecule has 0 heterocycles. The third kappa shape index (κ3) is 1.98. The molecule has 0 unspecified atom stereocenters. The highest BCUT2D eigenvalue weighted by Crippen LogP contribution is 2.62. The van der Waals surface area contributed by atoms with Gasteiger partial charge in [-0.1, -0.05) is 6.92 Å². The van der Waals surface area contributed by atoms with Crippen molar-refractivity contribution in [1.82, 2.24) is 0 Å². The van der Waals surface area contributed by atoms with Gasteiger partial charge in [0.2, 0.25) is 0 Å². The van der Waals surface area contributed by atoms with E-state index in [-0.39, 0.29) is 12.2 Å². The van der Waals surface area contributed by atoms with Gasteiger partial charge >= 0.3 is 0 Å². The highest BCUT2D eigenvalue weighted by atomic mass is 16.3. The molecule has 4 rings (SSSR count). The zero-order chi connectivity index (χ0) is 13.9. The van der Waals surface area contributed by atoms with Crippen molar-refractivity contribution < 1.29 is 10.2 Å². The summed E-state index contributed by atoms with van der Waals surface area (Å²) in [6.45, 7) is 2.45. The zero-order valence-corrected chi connectivity index (χ0v) is 12.8. The second kappa shape index (κ2) is 4.71. The average molecular weight is 278 g/mol. The Bertz CT molecular complexity index is 382. The third-order valence-electron chi connectivity index (χ3n) is 7.67. The maximum Gasteiger partial charge on any atom is 0.0548 e. The summed E-state index contributed by atoms with van der Waals surface area (Å²) in [5.74, 6) is 4.26. The monoisotopic (exact) mass is 278 g/mol. The standard InChI is InChI=1S/C18H30O2/c1-18-7-6-15-14-5-3-12(19)8-11(14)2-4-16(15)17(18)9-13(20)10-18/h11-17,19-20H,2-10H2,1H3/t11-,12-,13-,14-,15+,16+,17+,18+/m0/s1. The van der Waals surface area contributed by atoms with Crippen LogP contribution in [0.25, 0.3) is 0 Å². The molecule has 0 aromatic heterocycles. The first-order valence-corrected chi connectivity index (χ1v) is 8.93. The molecule has 0 bridgehead atoms. The fraction of sp³-hybridized carbons (Fsp3) is 1.00. The summed E-state index contributed by atoms with van der Waals surface area (Å²) in [4.78, 5) is 0. The van der Waals surface area contributed by atoms with Gasteiger partial charge in [0.1, 0.15) is 0 Å².